The van der Waals surface area contributed by atoms with Gasteiger partial charge < -0.3 is 9.64 Å². The molecule has 2 rings (SSSR count). The molecular weight excluding hydrogens is 296 g/mol. The lowest BCUT2D eigenvalue weighted by atomic mass is 10.1. The topological polar surface area (TPSA) is 41.5 Å². The first-order chi connectivity index (χ1) is 10.5. The van der Waals surface area contributed by atoms with E-state index in [0.29, 0.717) is 6.04 Å². The van der Waals surface area contributed by atoms with Crippen molar-refractivity contribution in [3.8, 4) is 5.75 Å². The van der Waals surface area contributed by atoms with Gasteiger partial charge in [0, 0.05) is 31.7 Å². The molecular formula is C16H24N4OS. The van der Waals surface area contributed by atoms with Gasteiger partial charge in [-0.1, -0.05) is 12.1 Å². The van der Waals surface area contributed by atoms with Gasteiger partial charge >= 0.3 is 0 Å². The summed E-state index contributed by atoms with van der Waals surface area (Å²) in [5, 5.41) is 0.950. The van der Waals surface area contributed by atoms with E-state index >= 15 is 0 Å². The van der Waals surface area contributed by atoms with Gasteiger partial charge in [-0.25, -0.2) is 4.98 Å². The monoisotopic (exact) mass is 320 g/mol. The second kappa shape index (κ2) is 7.56. The number of likely N-dealkylation sites (N-methyl/N-ethyl adjacent to an activating group) is 1. The number of aromatic nitrogens is 2. The highest BCUT2D eigenvalue weighted by Crippen LogP contribution is 2.17. The van der Waals surface area contributed by atoms with Gasteiger partial charge in [0.25, 0.3) is 0 Å². The molecule has 1 atom stereocenters. The first-order valence-corrected chi connectivity index (χ1v) is 8.10. The number of ether oxygens (including phenoxy) is 1. The minimum Gasteiger partial charge on any atom is -0.497 e. The van der Waals surface area contributed by atoms with E-state index in [1.54, 1.807) is 7.11 Å². The molecule has 1 aromatic heterocycles. The predicted octanol–water partition coefficient (Wildman–Crippen LogP) is 2.68. The van der Waals surface area contributed by atoms with Crippen molar-refractivity contribution in [1.82, 2.24) is 14.3 Å². The van der Waals surface area contributed by atoms with Crippen LogP contribution in [0.4, 0.5) is 5.13 Å². The Morgan fingerprint density at radius 3 is 2.41 bits per heavy atom. The lowest BCUT2D eigenvalue weighted by Crippen LogP contribution is -2.30. The molecule has 0 saturated carbocycles. The van der Waals surface area contributed by atoms with Gasteiger partial charge in [-0.05, 0) is 38.1 Å². The first kappa shape index (κ1) is 16.7. The van der Waals surface area contributed by atoms with Crippen LogP contribution in [-0.2, 0) is 13.0 Å². The summed E-state index contributed by atoms with van der Waals surface area (Å²) in [7, 11) is 7.78. The first-order valence-electron chi connectivity index (χ1n) is 7.32. The normalized spacial score (nSPS) is 12.5. The van der Waals surface area contributed by atoms with Crippen LogP contribution < -0.4 is 9.64 Å². The predicted molar refractivity (Wildman–Crippen MR) is 91.9 cm³/mol. The molecule has 0 spiro atoms. The molecule has 0 bridgehead atoms. The molecule has 0 aliphatic rings. The Labute approximate surface area is 136 Å². The molecule has 0 radical (unpaired) electrons. The van der Waals surface area contributed by atoms with Crippen LogP contribution in [0, 0.1) is 0 Å². The minimum atomic E-state index is 0.416. The van der Waals surface area contributed by atoms with E-state index in [0.717, 1.165) is 29.7 Å². The standard InChI is InChI=1S/C16H24N4OS/c1-12(10-13-6-8-14(21-5)9-7-13)20(4)11-15-17-16(19(2)3)22-18-15/h6-9,12H,10-11H2,1-5H3. The van der Waals surface area contributed by atoms with Crippen molar-refractivity contribution in [2.24, 2.45) is 0 Å². The van der Waals surface area contributed by atoms with Crippen molar-refractivity contribution in [3.63, 3.8) is 0 Å². The molecule has 6 heteroatoms. The molecule has 1 unspecified atom stereocenters. The molecule has 0 fully saturated rings. The maximum absolute atomic E-state index is 5.19. The van der Waals surface area contributed by atoms with Crippen LogP contribution in [0.5, 0.6) is 5.75 Å². The van der Waals surface area contributed by atoms with Crippen molar-refractivity contribution in [2.75, 3.05) is 33.2 Å². The Hall–Kier alpha value is -1.66. The van der Waals surface area contributed by atoms with Crippen LogP contribution in [0.3, 0.4) is 0 Å². The summed E-state index contributed by atoms with van der Waals surface area (Å²) in [5.41, 5.74) is 1.31. The fourth-order valence-electron chi connectivity index (χ4n) is 2.13. The third-order valence-corrected chi connectivity index (χ3v) is 4.60. The third-order valence-electron chi connectivity index (χ3n) is 3.67. The molecule has 0 aliphatic carbocycles. The molecule has 1 heterocycles. The van der Waals surface area contributed by atoms with Gasteiger partial charge in [0.1, 0.15) is 5.75 Å². The number of methoxy groups -OCH3 is 1. The maximum Gasteiger partial charge on any atom is 0.204 e. The van der Waals surface area contributed by atoms with E-state index in [9.17, 15) is 0 Å². The van der Waals surface area contributed by atoms with E-state index in [-0.39, 0.29) is 0 Å². The molecule has 1 aromatic carbocycles. The molecule has 0 aliphatic heterocycles. The molecule has 0 amide bonds. The summed E-state index contributed by atoms with van der Waals surface area (Å²) in [6, 6.07) is 8.67. The zero-order chi connectivity index (χ0) is 16.1. The van der Waals surface area contributed by atoms with Crippen molar-refractivity contribution in [2.45, 2.75) is 25.9 Å². The van der Waals surface area contributed by atoms with Crippen LogP contribution in [0.2, 0.25) is 0 Å². The highest BCUT2D eigenvalue weighted by Gasteiger charge is 2.14. The lowest BCUT2D eigenvalue weighted by molar-refractivity contribution is 0.243. The lowest BCUT2D eigenvalue weighted by Gasteiger charge is -2.23. The Morgan fingerprint density at radius 2 is 1.86 bits per heavy atom. The number of hydrogen-bond acceptors (Lipinski definition) is 6. The Bertz CT molecular complexity index is 582. The molecule has 22 heavy (non-hydrogen) atoms. The molecule has 2 aromatic rings. The maximum atomic E-state index is 5.19. The minimum absolute atomic E-state index is 0.416. The average Bonchev–Trinajstić information content (AvgIpc) is 2.96. The second-order valence-electron chi connectivity index (χ2n) is 5.70. The zero-order valence-electron chi connectivity index (χ0n) is 13.9. The average molecular weight is 320 g/mol. The Kier molecular flexibility index (Phi) is 5.74. The molecule has 120 valence electrons. The van der Waals surface area contributed by atoms with Crippen molar-refractivity contribution in [3.05, 3.63) is 35.7 Å². The summed E-state index contributed by atoms with van der Waals surface area (Å²) >= 11 is 1.44. The number of benzene rings is 1. The fraction of sp³-hybridized carbons (Fsp3) is 0.500. The number of anilines is 1. The van der Waals surface area contributed by atoms with Gasteiger partial charge in [-0.15, -0.1) is 0 Å². The number of nitrogens with zero attached hydrogens (tertiary/aromatic N) is 4. The number of rotatable bonds is 7. The van der Waals surface area contributed by atoms with Gasteiger partial charge in [0.05, 0.1) is 13.7 Å². The van der Waals surface area contributed by atoms with Gasteiger partial charge in [-0.3, -0.25) is 4.90 Å². The summed E-state index contributed by atoms with van der Waals surface area (Å²) in [5.74, 6) is 1.78. The fourth-order valence-corrected chi connectivity index (χ4v) is 2.72. The molecule has 0 saturated heterocycles. The highest BCUT2D eigenvalue weighted by atomic mass is 32.1. The van der Waals surface area contributed by atoms with E-state index in [4.69, 9.17) is 4.74 Å². The van der Waals surface area contributed by atoms with Crippen LogP contribution in [-0.4, -0.2) is 48.6 Å². The molecule has 0 N–H and O–H groups in total. The highest BCUT2D eigenvalue weighted by molar-refractivity contribution is 7.09. The van der Waals surface area contributed by atoms with Gasteiger partial charge in [0.2, 0.25) is 5.13 Å². The zero-order valence-corrected chi connectivity index (χ0v) is 14.7. The second-order valence-corrected chi connectivity index (χ2v) is 6.43. The number of hydrogen-bond donors (Lipinski definition) is 0. The summed E-state index contributed by atoms with van der Waals surface area (Å²) in [6.07, 6.45) is 0.991. The van der Waals surface area contributed by atoms with Crippen molar-refractivity contribution >= 4 is 16.7 Å². The SMILES string of the molecule is COc1ccc(CC(C)N(C)Cc2nsc(N(C)C)n2)cc1. The van der Waals surface area contributed by atoms with Crippen LogP contribution in [0.1, 0.15) is 18.3 Å². The van der Waals surface area contributed by atoms with Gasteiger partial charge in [0.15, 0.2) is 5.82 Å². The van der Waals surface area contributed by atoms with Gasteiger partial charge in [-0.2, -0.15) is 4.37 Å². The Balaban J connectivity index is 1.91. The van der Waals surface area contributed by atoms with Crippen molar-refractivity contribution < 1.29 is 4.74 Å². The van der Waals surface area contributed by atoms with E-state index in [1.165, 1.54) is 17.1 Å². The van der Waals surface area contributed by atoms with E-state index in [2.05, 4.69) is 40.4 Å². The summed E-state index contributed by atoms with van der Waals surface area (Å²) in [6.45, 7) is 2.99. The quantitative estimate of drug-likeness (QED) is 0.784. The summed E-state index contributed by atoms with van der Waals surface area (Å²) < 4.78 is 9.61. The molecule has 5 nitrogen and oxygen atoms in total. The van der Waals surface area contributed by atoms with Crippen LogP contribution >= 0.6 is 11.5 Å². The Morgan fingerprint density at radius 1 is 1.18 bits per heavy atom. The third kappa shape index (κ3) is 4.42. The largest absolute Gasteiger partial charge is 0.497 e. The summed E-state index contributed by atoms with van der Waals surface area (Å²) in [4.78, 5) is 8.81. The van der Waals surface area contributed by atoms with Crippen molar-refractivity contribution in [1.29, 1.82) is 0 Å². The smallest absolute Gasteiger partial charge is 0.204 e. The van der Waals surface area contributed by atoms with E-state index < -0.39 is 0 Å². The van der Waals surface area contributed by atoms with E-state index in [1.807, 2.05) is 31.1 Å². The van der Waals surface area contributed by atoms with Crippen LogP contribution in [0.15, 0.2) is 24.3 Å². The van der Waals surface area contributed by atoms with Crippen LogP contribution in [0.25, 0.3) is 0 Å².